The zero-order valence-electron chi connectivity index (χ0n) is 32.2. The highest BCUT2D eigenvalue weighted by Crippen LogP contribution is 2.47. The molecular formula is C43H45Cl2N5O5. The molecule has 2 aliphatic heterocycles. The molecule has 0 unspecified atom stereocenters. The van der Waals surface area contributed by atoms with Crippen LogP contribution in [0.2, 0.25) is 10.0 Å². The molecule has 286 valence electrons. The number of para-hydroxylation sites is 1. The van der Waals surface area contributed by atoms with Crippen LogP contribution in [0.4, 0.5) is 5.69 Å². The van der Waals surface area contributed by atoms with Crippen molar-refractivity contribution in [2.24, 2.45) is 12.5 Å². The van der Waals surface area contributed by atoms with Crippen LogP contribution in [0.15, 0.2) is 48.5 Å². The Morgan fingerprint density at radius 1 is 1.04 bits per heavy atom. The van der Waals surface area contributed by atoms with Gasteiger partial charge in [-0.2, -0.15) is 5.10 Å². The molecule has 1 atom stereocenters. The molecule has 1 N–H and O–H groups in total. The minimum atomic E-state index is -1.08. The van der Waals surface area contributed by atoms with Gasteiger partial charge < -0.3 is 28.6 Å². The monoisotopic (exact) mass is 781 g/mol. The third kappa shape index (κ3) is 6.01. The van der Waals surface area contributed by atoms with E-state index in [9.17, 15) is 9.90 Å². The zero-order valence-corrected chi connectivity index (χ0v) is 33.7. The van der Waals surface area contributed by atoms with Crippen LogP contribution in [0.25, 0.3) is 32.9 Å². The molecule has 5 heterocycles. The molecule has 0 bridgehead atoms. The predicted molar refractivity (Wildman–Crippen MR) is 218 cm³/mol. The lowest BCUT2D eigenvalue weighted by Crippen LogP contribution is -2.44. The van der Waals surface area contributed by atoms with E-state index in [2.05, 4.69) is 18.4 Å². The Kier molecular flexibility index (Phi) is 9.30. The molecule has 12 heteroatoms. The van der Waals surface area contributed by atoms with Gasteiger partial charge in [0.2, 0.25) is 0 Å². The van der Waals surface area contributed by atoms with Crippen LogP contribution in [-0.4, -0.2) is 62.3 Å². The van der Waals surface area contributed by atoms with Gasteiger partial charge in [-0.3, -0.25) is 9.48 Å². The molecule has 1 fully saturated rings. The molecule has 3 aromatic carbocycles. The van der Waals surface area contributed by atoms with Gasteiger partial charge >= 0.3 is 5.97 Å². The normalized spacial score (nSPS) is 16.6. The topological polar surface area (TPSA) is 104 Å². The van der Waals surface area contributed by atoms with Gasteiger partial charge in [0, 0.05) is 64.2 Å². The first kappa shape index (κ1) is 37.2. The number of halogens is 2. The van der Waals surface area contributed by atoms with Gasteiger partial charge in [-0.15, -0.1) is 0 Å². The number of carboxylic acids is 1. The summed E-state index contributed by atoms with van der Waals surface area (Å²) in [6, 6.07) is 15.2. The van der Waals surface area contributed by atoms with Gasteiger partial charge in [0.15, 0.2) is 5.69 Å². The Morgan fingerprint density at radius 2 is 1.75 bits per heavy atom. The van der Waals surface area contributed by atoms with E-state index in [4.69, 9.17) is 37.8 Å². The van der Waals surface area contributed by atoms with Crippen LogP contribution in [0, 0.1) is 33.1 Å². The Labute approximate surface area is 330 Å². The molecule has 0 spiro atoms. The van der Waals surface area contributed by atoms with E-state index in [0.29, 0.717) is 55.6 Å². The van der Waals surface area contributed by atoms with Crippen molar-refractivity contribution >= 4 is 62.6 Å². The fourth-order valence-corrected chi connectivity index (χ4v) is 9.14. The number of carbonyl (C=O) groups excluding carboxylic acids is 1. The van der Waals surface area contributed by atoms with Crippen LogP contribution in [0.5, 0.6) is 5.75 Å². The average Bonchev–Trinajstić information content (AvgIpc) is 3.72. The summed E-state index contributed by atoms with van der Waals surface area (Å²) in [6.45, 7) is 14.3. The van der Waals surface area contributed by atoms with Crippen molar-refractivity contribution in [3.05, 3.63) is 98.0 Å². The third-order valence-electron chi connectivity index (χ3n) is 11.4. The number of benzene rings is 3. The van der Waals surface area contributed by atoms with Crippen LogP contribution in [-0.2, 0) is 24.8 Å². The van der Waals surface area contributed by atoms with E-state index in [-0.39, 0.29) is 29.6 Å². The SMILES string of the molecule is Cc1cc(OCCCc2c3n(c4c(-c5c(C)nn(C)c5C)c(Cl)ccc24)[C@H](C)CN(c2c(C(=O)O)n(CC4(C)COC4)c4ccccc24)C3=O)cc(C)c1Cl. The molecule has 0 radical (unpaired) electrons. The molecular weight excluding hydrogens is 737 g/mol. The first-order valence-corrected chi connectivity index (χ1v) is 19.5. The maximum atomic E-state index is 15.4. The van der Waals surface area contributed by atoms with Crippen LogP contribution in [0.1, 0.15) is 75.4 Å². The quantitative estimate of drug-likeness (QED) is 0.139. The third-order valence-corrected chi connectivity index (χ3v) is 12.3. The van der Waals surface area contributed by atoms with E-state index in [1.54, 1.807) is 4.90 Å². The molecule has 2 aliphatic rings. The van der Waals surface area contributed by atoms with Crippen LogP contribution < -0.4 is 9.64 Å². The molecule has 55 heavy (non-hydrogen) atoms. The molecule has 3 aromatic heterocycles. The van der Waals surface area contributed by atoms with Gasteiger partial charge in [0.25, 0.3) is 5.91 Å². The van der Waals surface area contributed by atoms with Crippen molar-refractivity contribution in [1.82, 2.24) is 18.9 Å². The highest BCUT2D eigenvalue weighted by atomic mass is 35.5. The van der Waals surface area contributed by atoms with Crippen LogP contribution >= 0.6 is 23.2 Å². The second kappa shape index (κ2) is 13.8. The number of hydrogen-bond acceptors (Lipinski definition) is 5. The number of rotatable bonds is 10. The second-order valence-electron chi connectivity index (χ2n) is 15.7. The number of nitrogens with zero attached hydrogens (tertiary/aromatic N) is 5. The number of carbonyl (C=O) groups is 2. The first-order chi connectivity index (χ1) is 26.2. The standard InChI is InChI=1S/C43H45Cl2N5O5/c1-23-17-28(18-24(2)36(23)45)55-16-10-12-29-30-14-15-32(44)35(34-26(4)46-47(7)27(34)5)37(30)50-25(3)19-48(41(51)39(29)50)38-31-11-8-9-13-33(31)49(40(38)42(52)53)20-43(6)21-54-22-43/h8-9,11,13-15,17-18,25H,10,12,16,19-22H2,1-7H3,(H,52,53)/t25-/m1/s1. The Morgan fingerprint density at radius 3 is 2.38 bits per heavy atom. The number of aromatic carboxylic acids is 1. The summed E-state index contributed by atoms with van der Waals surface area (Å²) in [7, 11) is 1.92. The molecule has 6 aromatic rings. The van der Waals surface area contributed by atoms with E-state index >= 15 is 4.79 Å². The fraction of sp³-hybridized carbons (Fsp3) is 0.372. The largest absolute Gasteiger partial charge is 0.494 e. The predicted octanol–water partition coefficient (Wildman–Crippen LogP) is 9.50. The van der Waals surface area contributed by atoms with Crippen molar-refractivity contribution in [3.63, 3.8) is 0 Å². The number of fused-ring (bicyclic) bond motifs is 4. The van der Waals surface area contributed by atoms with Crippen molar-refractivity contribution in [2.45, 2.75) is 67.0 Å². The van der Waals surface area contributed by atoms with Crippen molar-refractivity contribution < 1.29 is 24.2 Å². The maximum Gasteiger partial charge on any atom is 0.354 e. The van der Waals surface area contributed by atoms with Gasteiger partial charge in [0.05, 0.1) is 47.3 Å². The van der Waals surface area contributed by atoms with Crippen molar-refractivity contribution in [3.8, 4) is 16.9 Å². The van der Waals surface area contributed by atoms with E-state index < -0.39 is 5.97 Å². The smallest absolute Gasteiger partial charge is 0.354 e. The van der Waals surface area contributed by atoms with Gasteiger partial charge in [-0.1, -0.05) is 54.4 Å². The molecule has 8 rings (SSSR count). The average molecular weight is 783 g/mol. The zero-order chi connectivity index (χ0) is 39.1. The lowest BCUT2D eigenvalue weighted by atomic mass is 9.88. The summed E-state index contributed by atoms with van der Waals surface area (Å²) >= 11 is 13.5. The number of carboxylic acid groups (broad SMARTS) is 1. The van der Waals surface area contributed by atoms with E-state index in [1.807, 2.05) is 92.5 Å². The summed E-state index contributed by atoms with van der Waals surface area (Å²) in [5.41, 5.74) is 8.84. The fourth-order valence-electron chi connectivity index (χ4n) is 8.78. The van der Waals surface area contributed by atoms with Gasteiger partial charge in [0.1, 0.15) is 11.4 Å². The Hall–Kier alpha value is -4.77. The minimum Gasteiger partial charge on any atom is -0.494 e. The summed E-state index contributed by atoms with van der Waals surface area (Å²) in [5, 5.41) is 18.5. The van der Waals surface area contributed by atoms with Crippen molar-refractivity contribution in [1.29, 1.82) is 0 Å². The van der Waals surface area contributed by atoms with Crippen LogP contribution in [0.3, 0.4) is 0 Å². The van der Waals surface area contributed by atoms with Gasteiger partial charge in [-0.25, -0.2) is 4.79 Å². The molecule has 0 aliphatic carbocycles. The first-order valence-electron chi connectivity index (χ1n) is 18.7. The van der Waals surface area contributed by atoms with Crippen molar-refractivity contribution in [2.75, 3.05) is 31.3 Å². The number of aryl methyl sites for hydroxylation is 5. The summed E-state index contributed by atoms with van der Waals surface area (Å²) < 4.78 is 17.6. The summed E-state index contributed by atoms with van der Waals surface area (Å²) in [5.74, 6) is -0.585. The minimum absolute atomic E-state index is 0.105. The highest BCUT2D eigenvalue weighted by molar-refractivity contribution is 6.35. The maximum absolute atomic E-state index is 15.4. The Bertz CT molecular complexity index is 2540. The lowest BCUT2D eigenvalue weighted by molar-refractivity contribution is -0.109. The number of amides is 1. The number of anilines is 1. The lowest BCUT2D eigenvalue weighted by Gasteiger charge is -2.39. The van der Waals surface area contributed by atoms with E-state index in [1.165, 1.54) is 0 Å². The number of ether oxygens (including phenoxy) is 2. The Balaban J connectivity index is 1.29. The highest BCUT2D eigenvalue weighted by Gasteiger charge is 2.41. The molecule has 1 saturated heterocycles. The molecule has 10 nitrogen and oxygen atoms in total. The summed E-state index contributed by atoms with van der Waals surface area (Å²) in [6.07, 6.45) is 1.16. The van der Waals surface area contributed by atoms with Gasteiger partial charge in [-0.05, 0) is 88.4 Å². The number of hydrogen-bond donors (Lipinski definition) is 1. The number of aromatic nitrogens is 4. The molecule has 1 amide bonds. The second-order valence-corrected chi connectivity index (χ2v) is 16.5. The van der Waals surface area contributed by atoms with E-state index in [0.717, 1.165) is 71.8 Å². The summed E-state index contributed by atoms with van der Waals surface area (Å²) in [4.78, 5) is 30.4. The molecule has 0 saturated carbocycles.